The van der Waals surface area contributed by atoms with Crippen LogP contribution in [0.15, 0.2) is 12.1 Å². The maximum atomic E-state index is 5.38. The molecule has 3 nitrogen and oxygen atoms in total. The largest absolute Gasteiger partial charge is 0.381 e. The van der Waals surface area contributed by atoms with Crippen molar-refractivity contribution in [1.29, 1.82) is 0 Å². The number of hydrogen-bond acceptors (Lipinski definition) is 4. The van der Waals surface area contributed by atoms with Crippen LogP contribution in [0.5, 0.6) is 0 Å². The molecule has 2 heterocycles. The van der Waals surface area contributed by atoms with Crippen molar-refractivity contribution in [3.8, 4) is 11.8 Å². The number of nitrogens with two attached hydrogens (primary N) is 1. The van der Waals surface area contributed by atoms with Crippen LogP contribution < -0.4 is 5.73 Å². The van der Waals surface area contributed by atoms with Gasteiger partial charge in [0.15, 0.2) is 0 Å². The third kappa shape index (κ3) is 3.82. The second-order valence-electron chi connectivity index (χ2n) is 4.48. The summed E-state index contributed by atoms with van der Waals surface area (Å²) in [6.45, 7) is 3.71. The summed E-state index contributed by atoms with van der Waals surface area (Å²) in [6.07, 6.45) is 2.74. The van der Waals surface area contributed by atoms with Crippen LogP contribution in [0.4, 0.5) is 0 Å². The van der Waals surface area contributed by atoms with Crippen LogP contribution in [-0.2, 0) is 11.3 Å². The number of methoxy groups -OCH3 is 1. The highest BCUT2D eigenvalue weighted by atomic mass is 32.1. The number of piperidine rings is 1. The van der Waals surface area contributed by atoms with Crippen molar-refractivity contribution in [3.05, 3.63) is 21.9 Å². The molecule has 0 unspecified atom stereocenters. The standard InChI is InChI=1S/C14H20N2OS/c1-17-12-6-9-16(10-7-12)11-14-5-4-13(18-14)3-2-8-15/h4-5,12H,6-11,15H2,1H3. The summed E-state index contributed by atoms with van der Waals surface area (Å²) in [4.78, 5) is 4.98. The molecule has 1 fully saturated rings. The molecular formula is C14H20N2OS. The Morgan fingerprint density at radius 2 is 2.22 bits per heavy atom. The van der Waals surface area contributed by atoms with E-state index in [0.29, 0.717) is 12.6 Å². The minimum atomic E-state index is 0.428. The normalized spacial score (nSPS) is 17.4. The van der Waals surface area contributed by atoms with E-state index in [-0.39, 0.29) is 0 Å². The minimum Gasteiger partial charge on any atom is -0.381 e. The highest BCUT2D eigenvalue weighted by Gasteiger charge is 2.18. The van der Waals surface area contributed by atoms with Crippen molar-refractivity contribution in [2.24, 2.45) is 5.73 Å². The van der Waals surface area contributed by atoms with E-state index in [1.54, 1.807) is 11.3 Å². The zero-order chi connectivity index (χ0) is 12.8. The summed E-state index contributed by atoms with van der Waals surface area (Å²) in [5.41, 5.74) is 5.37. The topological polar surface area (TPSA) is 38.5 Å². The molecule has 1 saturated heterocycles. The molecule has 1 aromatic rings. The Morgan fingerprint density at radius 3 is 2.89 bits per heavy atom. The monoisotopic (exact) mass is 264 g/mol. The van der Waals surface area contributed by atoms with Crippen LogP contribution in [0.25, 0.3) is 0 Å². The van der Waals surface area contributed by atoms with Gasteiger partial charge in [0.05, 0.1) is 17.5 Å². The van der Waals surface area contributed by atoms with Crippen molar-refractivity contribution in [1.82, 2.24) is 4.90 Å². The maximum absolute atomic E-state index is 5.38. The molecule has 1 aliphatic rings. The number of nitrogens with zero attached hydrogens (tertiary/aromatic N) is 1. The van der Waals surface area contributed by atoms with Crippen LogP contribution >= 0.6 is 11.3 Å². The molecule has 18 heavy (non-hydrogen) atoms. The Bertz CT molecular complexity index is 424. The van der Waals surface area contributed by atoms with Gasteiger partial charge in [-0.3, -0.25) is 4.90 Å². The van der Waals surface area contributed by atoms with E-state index >= 15 is 0 Å². The predicted molar refractivity (Wildman–Crippen MR) is 75.6 cm³/mol. The van der Waals surface area contributed by atoms with Crippen LogP contribution in [0.2, 0.25) is 0 Å². The molecule has 4 heteroatoms. The van der Waals surface area contributed by atoms with Crippen LogP contribution in [0.3, 0.4) is 0 Å². The van der Waals surface area contributed by atoms with Crippen LogP contribution in [-0.4, -0.2) is 37.7 Å². The molecule has 1 aromatic heterocycles. The molecule has 2 rings (SSSR count). The fourth-order valence-corrected chi connectivity index (χ4v) is 3.12. The van der Waals surface area contributed by atoms with Gasteiger partial charge in [0.1, 0.15) is 0 Å². The van der Waals surface area contributed by atoms with E-state index in [2.05, 4.69) is 28.9 Å². The van der Waals surface area contributed by atoms with Crippen LogP contribution in [0.1, 0.15) is 22.6 Å². The van der Waals surface area contributed by atoms with Gasteiger partial charge in [-0.15, -0.1) is 11.3 Å². The Labute approximate surface area is 113 Å². The Morgan fingerprint density at radius 1 is 1.44 bits per heavy atom. The number of thiophene rings is 1. The van der Waals surface area contributed by atoms with Crippen molar-refractivity contribution in [3.63, 3.8) is 0 Å². The van der Waals surface area contributed by atoms with Gasteiger partial charge >= 0.3 is 0 Å². The first-order valence-corrected chi connectivity index (χ1v) is 7.16. The lowest BCUT2D eigenvalue weighted by molar-refractivity contribution is 0.0391. The summed E-state index contributed by atoms with van der Waals surface area (Å²) in [7, 11) is 1.81. The van der Waals surface area contributed by atoms with Gasteiger partial charge in [-0.1, -0.05) is 11.8 Å². The summed E-state index contributed by atoms with van der Waals surface area (Å²) >= 11 is 1.77. The number of rotatable bonds is 3. The first-order chi connectivity index (χ1) is 8.81. The van der Waals surface area contributed by atoms with Gasteiger partial charge in [0.2, 0.25) is 0 Å². The van der Waals surface area contributed by atoms with Gasteiger partial charge in [-0.25, -0.2) is 0 Å². The molecule has 0 amide bonds. The molecule has 0 radical (unpaired) electrons. The molecule has 98 valence electrons. The van der Waals surface area contributed by atoms with Crippen molar-refractivity contribution in [2.75, 3.05) is 26.7 Å². The third-order valence-electron chi connectivity index (χ3n) is 3.22. The van der Waals surface area contributed by atoms with Crippen molar-refractivity contribution >= 4 is 11.3 Å². The Hall–Kier alpha value is -0.860. The summed E-state index contributed by atoms with van der Waals surface area (Å²) in [5, 5.41) is 0. The van der Waals surface area contributed by atoms with Gasteiger partial charge in [-0.05, 0) is 25.0 Å². The maximum Gasteiger partial charge on any atom is 0.0772 e. The van der Waals surface area contributed by atoms with E-state index in [9.17, 15) is 0 Å². The fourth-order valence-electron chi connectivity index (χ4n) is 2.19. The predicted octanol–water partition coefficient (Wildman–Crippen LogP) is 1.67. The average Bonchev–Trinajstić information content (AvgIpc) is 2.85. The quantitative estimate of drug-likeness (QED) is 0.844. The van der Waals surface area contributed by atoms with Gasteiger partial charge < -0.3 is 10.5 Å². The van der Waals surface area contributed by atoms with E-state index in [0.717, 1.165) is 37.4 Å². The smallest absolute Gasteiger partial charge is 0.0772 e. The van der Waals surface area contributed by atoms with Crippen LogP contribution in [0, 0.1) is 11.8 Å². The molecular weight excluding hydrogens is 244 g/mol. The molecule has 0 saturated carbocycles. The molecule has 0 aromatic carbocycles. The van der Waals surface area contributed by atoms with Crippen molar-refractivity contribution < 1.29 is 4.74 Å². The lowest BCUT2D eigenvalue weighted by atomic mass is 10.1. The average molecular weight is 264 g/mol. The lowest BCUT2D eigenvalue weighted by Gasteiger charge is -2.30. The minimum absolute atomic E-state index is 0.428. The SMILES string of the molecule is COC1CCN(Cc2ccc(C#CCN)s2)CC1. The zero-order valence-electron chi connectivity index (χ0n) is 10.8. The van der Waals surface area contributed by atoms with E-state index in [4.69, 9.17) is 10.5 Å². The number of ether oxygens (including phenoxy) is 1. The first-order valence-electron chi connectivity index (χ1n) is 6.34. The van der Waals surface area contributed by atoms with Gasteiger partial charge in [0.25, 0.3) is 0 Å². The third-order valence-corrected chi connectivity index (χ3v) is 4.21. The number of likely N-dealkylation sites (tertiary alicyclic amines) is 1. The highest BCUT2D eigenvalue weighted by molar-refractivity contribution is 7.12. The molecule has 0 spiro atoms. The second-order valence-corrected chi connectivity index (χ2v) is 5.65. The Kier molecular flexibility index (Phi) is 5.21. The summed E-state index contributed by atoms with van der Waals surface area (Å²) in [5.74, 6) is 5.98. The van der Waals surface area contributed by atoms with Gasteiger partial charge in [-0.2, -0.15) is 0 Å². The molecule has 0 bridgehead atoms. The lowest BCUT2D eigenvalue weighted by Crippen LogP contribution is -2.35. The number of hydrogen-bond donors (Lipinski definition) is 1. The van der Waals surface area contributed by atoms with Gasteiger partial charge in [0, 0.05) is 31.6 Å². The van der Waals surface area contributed by atoms with E-state index < -0.39 is 0 Å². The second kappa shape index (κ2) is 6.91. The Balaban J connectivity index is 1.85. The molecule has 1 aliphatic heterocycles. The summed E-state index contributed by atoms with van der Waals surface area (Å²) < 4.78 is 5.38. The zero-order valence-corrected chi connectivity index (χ0v) is 11.6. The highest BCUT2D eigenvalue weighted by Crippen LogP contribution is 2.20. The molecule has 0 atom stereocenters. The first kappa shape index (κ1) is 13.6. The fraction of sp³-hybridized carbons (Fsp3) is 0.571. The molecule has 0 aliphatic carbocycles. The summed E-state index contributed by atoms with van der Waals surface area (Å²) in [6, 6.07) is 4.26. The van der Waals surface area contributed by atoms with E-state index in [1.165, 1.54) is 4.88 Å². The molecule has 2 N–H and O–H groups in total. The van der Waals surface area contributed by atoms with Crippen molar-refractivity contribution in [2.45, 2.75) is 25.5 Å². The van der Waals surface area contributed by atoms with E-state index in [1.807, 2.05) is 7.11 Å².